The highest BCUT2D eigenvalue weighted by Crippen LogP contribution is 2.26. The normalized spacial score (nSPS) is 10.5. The van der Waals surface area contributed by atoms with Crippen LogP contribution in [0.25, 0.3) is 10.9 Å². The smallest absolute Gasteiger partial charge is 0.337 e. The maximum atomic E-state index is 11.0. The molecule has 0 aliphatic rings. The summed E-state index contributed by atoms with van der Waals surface area (Å²) in [5, 5.41) is 10.0. The quantitative estimate of drug-likeness (QED) is 0.745. The van der Waals surface area contributed by atoms with Gasteiger partial charge in [0.2, 0.25) is 0 Å². The van der Waals surface area contributed by atoms with Gasteiger partial charge in [0, 0.05) is 23.8 Å². The summed E-state index contributed by atoms with van der Waals surface area (Å²) in [6.45, 7) is 0. The van der Waals surface area contributed by atoms with E-state index in [-0.39, 0.29) is 5.56 Å². The third-order valence-corrected chi connectivity index (χ3v) is 3.04. The molecule has 0 unspecified atom stereocenters. The van der Waals surface area contributed by atoms with Gasteiger partial charge < -0.3 is 9.84 Å². The molecule has 0 amide bonds. The molecule has 0 fully saturated rings. The van der Waals surface area contributed by atoms with Crippen molar-refractivity contribution in [1.29, 1.82) is 0 Å². The van der Waals surface area contributed by atoms with Crippen molar-refractivity contribution in [2.24, 2.45) is 0 Å². The molecule has 0 bridgehead atoms. The zero-order valence-electron chi connectivity index (χ0n) is 10.7. The highest BCUT2D eigenvalue weighted by Gasteiger charge is 2.06. The van der Waals surface area contributed by atoms with E-state index in [1.807, 2.05) is 0 Å². The standard InChI is InChI=1S/C15H9ClN2O3/c16-14-7-12(3-4-17-14)21-11-1-2-13-9(6-11)5-10(8-18-13)15(19)20/h1-8H,(H,19,20). The van der Waals surface area contributed by atoms with Crippen LogP contribution in [0.1, 0.15) is 10.4 Å². The van der Waals surface area contributed by atoms with E-state index in [0.717, 1.165) is 0 Å². The van der Waals surface area contributed by atoms with E-state index in [1.165, 1.54) is 6.20 Å². The molecule has 2 heterocycles. The number of aromatic nitrogens is 2. The molecule has 5 nitrogen and oxygen atoms in total. The molecule has 0 aliphatic carbocycles. The van der Waals surface area contributed by atoms with Crippen molar-refractivity contribution in [1.82, 2.24) is 9.97 Å². The highest BCUT2D eigenvalue weighted by atomic mass is 35.5. The lowest BCUT2D eigenvalue weighted by Gasteiger charge is -2.07. The first-order valence-electron chi connectivity index (χ1n) is 6.04. The number of hydrogen-bond acceptors (Lipinski definition) is 4. The van der Waals surface area contributed by atoms with Crippen molar-refractivity contribution in [2.45, 2.75) is 0 Å². The topological polar surface area (TPSA) is 72.3 Å². The Morgan fingerprint density at radius 1 is 1.10 bits per heavy atom. The lowest BCUT2D eigenvalue weighted by Crippen LogP contribution is -1.97. The number of halogens is 1. The lowest BCUT2D eigenvalue weighted by atomic mass is 10.1. The molecule has 2 aromatic heterocycles. The molecule has 1 N–H and O–H groups in total. The molecule has 0 spiro atoms. The molecular weight excluding hydrogens is 292 g/mol. The number of ether oxygens (including phenoxy) is 1. The van der Waals surface area contributed by atoms with Crippen LogP contribution in [0.4, 0.5) is 0 Å². The van der Waals surface area contributed by atoms with E-state index in [2.05, 4.69) is 9.97 Å². The number of aromatic carboxylic acids is 1. The molecule has 1 aromatic carbocycles. The maximum Gasteiger partial charge on any atom is 0.337 e. The Bertz CT molecular complexity index is 836. The van der Waals surface area contributed by atoms with Gasteiger partial charge in [-0.15, -0.1) is 0 Å². The summed E-state index contributed by atoms with van der Waals surface area (Å²) in [6.07, 6.45) is 2.87. The maximum absolute atomic E-state index is 11.0. The summed E-state index contributed by atoms with van der Waals surface area (Å²) in [7, 11) is 0. The zero-order valence-corrected chi connectivity index (χ0v) is 11.4. The van der Waals surface area contributed by atoms with Gasteiger partial charge in [-0.1, -0.05) is 11.6 Å². The van der Waals surface area contributed by atoms with Gasteiger partial charge in [0.1, 0.15) is 16.7 Å². The Balaban J connectivity index is 1.98. The second-order valence-corrected chi connectivity index (χ2v) is 4.69. The molecule has 104 valence electrons. The molecule has 3 rings (SSSR count). The first-order chi connectivity index (χ1) is 10.1. The van der Waals surface area contributed by atoms with Crippen LogP contribution in [0.2, 0.25) is 5.15 Å². The first-order valence-corrected chi connectivity index (χ1v) is 6.42. The van der Waals surface area contributed by atoms with Crippen LogP contribution >= 0.6 is 11.6 Å². The van der Waals surface area contributed by atoms with E-state index >= 15 is 0 Å². The molecule has 0 saturated heterocycles. The van der Waals surface area contributed by atoms with Crippen molar-refractivity contribution in [3.8, 4) is 11.5 Å². The minimum atomic E-state index is -1.02. The van der Waals surface area contributed by atoms with Crippen molar-refractivity contribution in [3.05, 3.63) is 59.5 Å². The number of carboxylic acid groups (broad SMARTS) is 1. The Morgan fingerprint density at radius 2 is 1.90 bits per heavy atom. The van der Waals surface area contributed by atoms with Gasteiger partial charge >= 0.3 is 5.97 Å². The molecule has 3 aromatic rings. The monoisotopic (exact) mass is 300 g/mol. The molecule has 21 heavy (non-hydrogen) atoms. The second kappa shape index (κ2) is 5.38. The molecule has 0 saturated carbocycles. The Labute approximate surface area is 124 Å². The molecule has 0 aliphatic heterocycles. The number of carboxylic acids is 1. The number of fused-ring (bicyclic) bond motifs is 1. The minimum Gasteiger partial charge on any atom is -0.478 e. The van der Waals surface area contributed by atoms with Crippen molar-refractivity contribution in [3.63, 3.8) is 0 Å². The fraction of sp³-hybridized carbons (Fsp3) is 0. The van der Waals surface area contributed by atoms with Gasteiger partial charge in [-0.2, -0.15) is 0 Å². The highest BCUT2D eigenvalue weighted by molar-refractivity contribution is 6.29. The van der Waals surface area contributed by atoms with Crippen LogP contribution in [0.3, 0.4) is 0 Å². The van der Waals surface area contributed by atoms with Crippen molar-refractivity contribution < 1.29 is 14.6 Å². The predicted molar refractivity (Wildman–Crippen MR) is 78.0 cm³/mol. The van der Waals surface area contributed by atoms with Crippen LogP contribution in [-0.4, -0.2) is 21.0 Å². The van der Waals surface area contributed by atoms with Crippen LogP contribution in [0, 0.1) is 0 Å². The van der Waals surface area contributed by atoms with Gasteiger partial charge in [0.05, 0.1) is 11.1 Å². The molecule has 6 heteroatoms. The number of rotatable bonds is 3. The summed E-state index contributed by atoms with van der Waals surface area (Å²) in [6, 6.07) is 10.1. The number of pyridine rings is 2. The van der Waals surface area contributed by atoms with E-state index in [4.69, 9.17) is 21.4 Å². The molecule has 0 atom stereocenters. The van der Waals surface area contributed by atoms with E-state index in [0.29, 0.717) is 27.6 Å². The predicted octanol–water partition coefficient (Wildman–Crippen LogP) is 3.77. The Hall–Kier alpha value is -2.66. The SMILES string of the molecule is O=C(O)c1cnc2ccc(Oc3ccnc(Cl)c3)cc2c1. The van der Waals surface area contributed by atoms with E-state index in [9.17, 15) is 4.79 Å². The van der Waals surface area contributed by atoms with Crippen LogP contribution in [-0.2, 0) is 0 Å². The van der Waals surface area contributed by atoms with Gasteiger partial charge in [-0.25, -0.2) is 9.78 Å². The summed E-state index contributed by atoms with van der Waals surface area (Å²) in [5.41, 5.74) is 0.826. The molecular formula is C15H9ClN2O3. The van der Waals surface area contributed by atoms with Crippen LogP contribution in [0.15, 0.2) is 48.8 Å². The fourth-order valence-electron chi connectivity index (χ4n) is 1.87. The first kappa shape index (κ1) is 13.3. The number of hydrogen-bond donors (Lipinski definition) is 1. The van der Waals surface area contributed by atoms with Crippen molar-refractivity contribution >= 4 is 28.5 Å². The largest absolute Gasteiger partial charge is 0.478 e. The van der Waals surface area contributed by atoms with Gasteiger partial charge in [0.25, 0.3) is 0 Å². The second-order valence-electron chi connectivity index (χ2n) is 4.30. The van der Waals surface area contributed by atoms with Gasteiger partial charge in [0.15, 0.2) is 0 Å². The van der Waals surface area contributed by atoms with Crippen LogP contribution in [0.5, 0.6) is 11.5 Å². The number of nitrogens with zero attached hydrogens (tertiary/aromatic N) is 2. The minimum absolute atomic E-state index is 0.131. The average molecular weight is 301 g/mol. The Kier molecular flexibility index (Phi) is 3.41. The average Bonchev–Trinajstić information content (AvgIpc) is 2.46. The zero-order chi connectivity index (χ0) is 14.8. The summed E-state index contributed by atoms with van der Waals surface area (Å²) in [5.74, 6) is 0.0995. The third kappa shape index (κ3) is 2.93. The van der Waals surface area contributed by atoms with E-state index < -0.39 is 5.97 Å². The fourth-order valence-corrected chi connectivity index (χ4v) is 2.04. The van der Waals surface area contributed by atoms with Gasteiger partial charge in [-0.3, -0.25) is 4.98 Å². The summed E-state index contributed by atoms with van der Waals surface area (Å²) in [4.78, 5) is 18.9. The van der Waals surface area contributed by atoms with Crippen LogP contribution < -0.4 is 4.74 Å². The van der Waals surface area contributed by atoms with Crippen molar-refractivity contribution in [2.75, 3.05) is 0 Å². The third-order valence-electron chi connectivity index (χ3n) is 2.83. The number of benzene rings is 1. The van der Waals surface area contributed by atoms with Gasteiger partial charge in [-0.05, 0) is 30.3 Å². The lowest BCUT2D eigenvalue weighted by molar-refractivity contribution is 0.0696. The summed E-state index contributed by atoms with van der Waals surface area (Å²) >= 11 is 5.80. The Morgan fingerprint density at radius 3 is 2.67 bits per heavy atom. The summed E-state index contributed by atoms with van der Waals surface area (Å²) < 4.78 is 5.67. The van der Waals surface area contributed by atoms with E-state index in [1.54, 1.807) is 42.6 Å². The molecule has 0 radical (unpaired) electrons. The number of carbonyl (C=O) groups is 1.